The molecule has 0 aliphatic rings. The van der Waals surface area contributed by atoms with Crippen molar-refractivity contribution in [3.8, 4) is 0 Å². The maximum Gasteiger partial charge on any atom is 0.254 e. The van der Waals surface area contributed by atoms with Gasteiger partial charge >= 0.3 is 0 Å². The Labute approximate surface area is 182 Å². The number of hydrogen-bond acceptors (Lipinski definition) is 3. The van der Waals surface area contributed by atoms with Gasteiger partial charge in [0, 0.05) is 31.9 Å². The lowest BCUT2D eigenvalue weighted by Crippen LogP contribution is -2.27. The number of nitrogens with zero attached hydrogens (tertiary/aromatic N) is 4. The Hall–Kier alpha value is -3.67. The second-order valence-electron chi connectivity index (χ2n) is 7.46. The molecule has 1 N–H and O–H groups in total. The van der Waals surface area contributed by atoms with E-state index in [2.05, 4.69) is 51.2 Å². The lowest BCUT2D eigenvalue weighted by molar-refractivity contribution is 0.0953. The Bertz CT molecular complexity index is 1120. The number of nitrogens with one attached hydrogen (secondary N) is 1. The van der Waals surface area contributed by atoms with Crippen LogP contribution in [0.15, 0.2) is 79.3 Å². The lowest BCUT2D eigenvalue weighted by atomic mass is 10.1. The van der Waals surface area contributed by atoms with Crippen molar-refractivity contribution in [2.24, 2.45) is 0 Å². The van der Waals surface area contributed by atoms with Gasteiger partial charge in [-0.05, 0) is 17.5 Å². The minimum Gasteiger partial charge on any atom is -0.351 e. The Balaban J connectivity index is 1.36. The summed E-state index contributed by atoms with van der Waals surface area (Å²) in [5, 5.41) is 7.50. The molecule has 158 valence electrons. The second kappa shape index (κ2) is 9.89. The molecule has 0 aliphatic carbocycles. The van der Waals surface area contributed by atoms with Gasteiger partial charge < -0.3 is 9.88 Å². The Morgan fingerprint density at radius 1 is 0.968 bits per heavy atom. The van der Waals surface area contributed by atoms with Gasteiger partial charge in [0.15, 0.2) is 0 Å². The molecule has 31 heavy (non-hydrogen) atoms. The fraction of sp³-hybridized carbons (Fsp3) is 0.240. The Morgan fingerprint density at radius 2 is 1.65 bits per heavy atom. The van der Waals surface area contributed by atoms with Gasteiger partial charge in [0.25, 0.3) is 5.91 Å². The van der Waals surface area contributed by atoms with E-state index in [1.165, 1.54) is 5.56 Å². The molecular weight excluding hydrogens is 386 g/mol. The van der Waals surface area contributed by atoms with Gasteiger partial charge in [-0.25, -0.2) is 4.98 Å². The molecule has 6 nitrogen and oxygen atoms in total. The molecule has 0 aliphatic heterocycles. The molecule has 0 atom stereocenters. The molecular formula is C25H27N5O. The van der Waals surface area contributed by atoms with Crippen molar-refractivity contribution in [2.75, 3.05) is 6.54 Å². The summed E-state index contributed by atoms with van der Waals surface area (Å²) in [5.74, 6) is 0.872. The first kappa shape index (κ1) is 20.6. The number of aromatic nitrogens is 4. The third-order valence-corrected chi connectivity index (χ3v) is 5.33. The molecule has 4 rings (SSSR count). The normalized spacial score (nSPS) is 10.9. The highest BCUT2D eigenvalue weighted by molar-refractivity contribution is 5.95. The molecule has 0 fully saturated rings. The van der Waals surface area contributed by atoms with Crippen molar-refractivity contribution in [2.45, 2.75) is 32.9 Å². The zero-order valence-corrected chi connectivity index (χ0v) is 17.7. The molecule has 1 amide bonds. The molecule has 0 spiro atoms. The molecule has 0 saturated carbocycles. The summed E-state index contributed by atoms with van der Waals surface area (Å²) in [6, 6.07) is 20.5. The molecule has 6 heteroatoms. The van der Waals surface area contributed by atoms with E-state index in [9.17, 15) is 4.79 Å². The van der Waals surface area contributed by atoms with Crippen LogP contribution in [0.3, 0.4) is 0 Å². The van der Waals surface area contributed by atoms with Crippen LogP contribution in [0.4, 0.5) is 0 Å². The summed E-state index contributed by atoms with van der Waals surface area (Å²) < 4.78 is 4.04. The van der Waals surface area contributed by atoms with E-state index in [0.717, 1.165) is 30.0 Å². The van der Waals surface area contributed by atoms with Gasteiger partial charge in [-0.1, -0.05) is 67.6 Å². The van der Waals surface area contributed by atoms with Crippen molar-refractivity contribution in [3.05, 3.63) is 107 Å². The Kier molecular flexibility index (Phi) is 6.57. The molecule has 0 saturated heterocycles. The van der Waals surface area contributed by atoms with Gasteiger partial charge in [-0.15, -0.1) is 0 Å². The van der Waals surface area contributed by atoms with Crippen LogP contribution < -0.4 is 5.32 Å². The standard InChI is InChI=1S/C25H27N5O/c1-2-23-22(17-28-30(23)19-21-11-7-4-8-12-21)25(31)27-14-13-24-26-15-16-29(24)18-20-9-5-3-6-10-20/h3-12,15-17H,2,13-14,18-19H2,1H3,(H,27,31). The fourth-order valence-corrected chi connectivity index (χ4v) is 3.74. The average molecular weight is 414 g/mol. The largest absolute Gasteiger partial charge is 0.351 e. The monoisotopic (exact) mass is 413 g/mol. The number of amides is 1. The molecule has 0 bridgehead atoms. The van der Waals surface area contributed by atoms with Gasteiger partial charge in [-0.3, -0.25) is 9.48 Å². The third-order valence-electron chi connectivity index (χ3n) is 5.33. The second-order valence-corrected chi connectivity index (χ2v) is 7.46. The predicted molar refractivity (Wildman–Crippen MR) is 121 cm³/mol. The first-order valence-corrected chi connectivity index (χ1v) is 10.7. The molecule has 2 aromatic carbocycles. The van der Waals surface area contributed by atoms with Gasteiger partial charge in [0.05, 0.1) is 24.0 Å². The van der Waals surface area contributed by atoms with Gasteiger partial charge in [0.2, 0.25) is 0 Å². The van der Waals surface area contributed by atoms with Crippen molar-refractivity contribution < 1.29 is 4.79 Å². The van der Waals surface area contributed by atoms with Crippen molar-refractivity contribution in [3.63, 3.8) is 0 Å². The summed E-state index contributed by atoms with van der Waals surface area (Å²) >= 11 is 0. The van der Waals surface area contributed by atoms with Crippen LogP contribution in [0.2, 0.25) is 0 Å². The number of carbonyl (C=O) groups excluding carboxylic acids is 1. The quantitative estimate of drug-likeness (QED) is 0.455. The van der Waals surface area contributed by atoms with E-state index in [4.69, 9.17) is 0 Å². The van der Waals surface area contributed by atoms with Crippen molar-refractivity contribution in [1.29, 1.82) is 0 Å². The predicted octanol–water partition coefficient (Wildman–Crippen LogP) is 3.71. The Morgan fingerprint density at radius 3 is 2.32 bits per heavy atom. The number of imidazole rings is 1. The van der Waals surface area contributed by atoms with E-state index in [1.54, 1.807) is 6.20 Å². The molecule has 0 unspecified atom stereocenters. The zero-order chi connectivity index (χ0) is 21.5. The van der Waals surface area contributed by atoms with E-state index >= 15 is 0 Å². The zero-order valence-electron chi connectivity index (χ0n) is 17.7. The molecule has 0 radical (unpaired) electrons. The maximum atomic E-state index is 12.8. The minimum absolute atomic E-state index is 0.0858. The van der Waals surface area contributed by atoms with Crippen LogP contribution in [-0.2, 0) is 25.9 Å². The number of rotatable bonds is 9. The highest BCUT2D eigenvalue weighted by Crippen LogP contribution is 2.13. The summed E-state index contributed by atoms with van der Waals surface area (Å²) in [7, 11) is 0. The van der Waals surface area contributed by atoms with Crippen LogP contribution in [0.5, 0.6) is 0 Å². The SMILES string of the molecule is CCc1c(C(=O)NCCc2nccn2Cc2ccccc2)cnn1Cc1ccccc1. The van der Waals surface area contributed by atoms with Crippen LogP contribution in [0, 0.1) is 0 Å². The highest BCUT2D eigenvalue weighted by Gasteiger charge is 2.16. The van der Waals surface area contributed by atoms with E-state index in [0.29, 0.717) is 25.1 Å². The topological polar surface area (TPSA) is 64.7 Å². The third kappa shape index (κ3) is 5.09. The average Bonchev–Trinajstić information content (AvgIpc) is 3.41. The fourth-order valence-electron chi connectivity index (χ4n) is 3.74. The van der Waals surface area contributed by atoms with Gasteiger partial charge in [-0.2, -0.15) is 5.10 Å². The van der Waals surface area contributed by atoms with Crippen LogP contribution in [-0.4, -0.2) is 31.8 Å². The summed E-state index contributed by atoms with van der Waals surface area (Å²) in [4.78, 5) is 17.3. The van der Waals surface area contributed by atoms with Crippen LogP contribution >= 0.6 is 0 Å². The number of carbonyl (C=O) groups is 1. The van der Waals surface area contributed by atoms with E-state index < -0.39 is 0 Å². The number of hydrogen-bond donors (Lipinski definition) is 1. The van der Waals surface area contributed by atoms with E-state index in [-0.39, 0.29) is 5.91 Å². The minimum atomic E-state index is -0.0858. The summed E-state index contributed by atoms with van der Waals surface area (Å²) in [6.07, 6.45) is 6.88. The molecule has 2 heterocycles. The highest BCUT2D eigenvalue weighted by atomic mass is 16.1. The maximum absolute atomic E-state index is 12.8. The molecule has 2 aromatic heterocycles. The number of benzene rings is 2. The summed E-state index contributed by atoms with van der Waals surface area (Å²) in [5.41, 5.74) is 3.99. The van der Waals surface area contributed by atoms with E-state index in [1.807, 2.05) is 53.5 Å². The summed E-state index contributed by atoms with van der Waals surface area (Å²) in [6.45, 7) is 4.01. The molecule has 4 aromatic rings. The lowest BCUT2D eigenvalue weighted by Gasteiger charge is -2.10. The first-order chi connectivity index (χ1) is 15.2. The van der Waals surface area contributed by atoms with Crippen molar-refractivity contribution in [1.82, 2.24) is 24.6 Å². The van der Waals surface area contributed by atoms with Crippen LogP contribution in [0.25, 0.3) is 0 Å². The first-order valence-electron chi connectivity index (χ1n) is 10.7. The van der Waals surface area contributed by atoms with Gasteiger partial charge in [0.1, 0.15) is 5.82 Å². The van der Waals surface area contributed by atoms with Crippen molar-refractivity contribution >= 4 is 5.91 Å². The smallest absolute Gasteiger partial charge is 0.254 e. The van der Waals surface area contributed by atoms with Crippen LogP contribution in [0.1, 0.15) is 39.9 Å².